The number of ketones is 1. The fourth-order valence-corrected chi connectivity index (χ4v) is 4.03. The molecule has 3 aromatic rings. The van der Waals surface area contributed by atoms with Crippen LogP contribution in [0.15, 0.2) is 66.3 Å². The van der Waals surface area contributed by atoms with Gasteiger partial charge in [0.05, 0.1) is 18.9 Å². The van der Waals surface area contributed by atoms with Gasteiger partial charge >= 0.3 is 0 Å². The first-order valence-electron chi connectivity index (χ1n) is 10.1. The second-order valence-electron chi connectivity index (χ2n) is 7.19. The maximum atomic E-state index is 12.7. The molecule has 1 amide bonds. The molecule has 0 aliphatic rings. The van der Waals surface area contributed by atoms with Gasteiger partial charge in [0.15, 0.2) is 16.8 Å². The van der Waals surface area contributed by atoms with E-state index in [1.807, 2.05) is 36.6 Å². The highest BCUT2D eigenvalue weighted by molar-refractivity contribution is 7.99. The molecule has 7 nitrogen and oxygen atoms in total. The molecule has 0 bridgehead atoms. The number of rotatable bonds is 10. The van der Waals surface area contributed by atoms with Gasteiger partial charge in [-0.1, -0.05) is 36.0 Å². The van der Waals surface area contributed by atoms with Gasteiger partial charge in [0.2, 0.25) is 0 Å². The van der Waals surface area contributed by atoms with Crippen molar-refractivity contribution >= 4 is 23.5 Å². The molecule has 1 heterocycles. The second kappa shape index (κ2) is 10.8. The van der Waals surface area contributed by atoms with Crippen LogP contribution in [0.2, 0.25) is 0 Å². The Labute approximate surface area is 191 Å². The van der Waals surface area contributed by atoms with E-state index in [1.54, 1.807) is 43.5 Å². The average molecular weight is 451 g/mol. The summed E-state index contributed by atoms with van der Waals surface area (Å²) in [6.07, 6.45) is 1.73. The molecule has 0 spiro atoms. The second-order valence-corrected chi connectivity index (χ2v) is 8.13. The van der Waals surface area contributed by atoms with Crippen LogP contribution in [0.4, 0.5) is 0 Å². The SMILES string of the molecule is C=CCn1c(SCC(=O)c2ccc(OC)cc2)nnc1[C@H](C)NC(=O)c1ccccc1C. The molecule has 32 heavy (non-hydrogen) atoms. The molecule has 8 heteroatoms. The number of aryl methyl sites for hydroxylation is 1. The number of methoxy groups -OCH3 is 1. The maximum absolute atomic E-state index is 12.7. The molecule has 1 atom stereocenters. The average Bonchev–Trinajstić information content (AvgIpc) is 3.20. The Kier molecular flexibility index (Phi) is 7.83. The Bertz CT molecular complexity index is 1110. The van der Waals surface area contributed by atoms with Gasteiger partial charge in [-0.05, 0) is 49.7 Å². The third-order valence-electron chi connectivity index (χ3n) is 4.93. The quantitative estimate of drug-likeness (QED) is 0.282. The maximum Gasteiger partial charge on any atom is 0.252 e. The van der Waals surface area contributed by atoms with Gasteiger partial charge in [-0.25, -0.2) is 0 Å². The number of carbonyl (C=O) groups is 2. The van der Waals surface area contributed by atoms with Crippen molar-refractivity contribution in [3.05, 3.63) is 83.7 Å². The lowest BCUT2D eigenvalue weighted by Crippen LogP contribution is -2.29. The highest BCUT2D eigenvalue weighted by atomic mass is 32.2. The molecule has 0 fully saturated rings. The molecule has 3 rings (SSSR count). The first kappa shape index (κ1) is 23.3. The number of ether oxygens (including phenoxy) is 1. The van der Waals surface area contributed by atoms with Gasteiger partial charge in [-0.2, -0.15) is 0 Å². The van der Waals surface area contributed by atoms with Crippen LogP contribution in [0.3, 0.4) is 0 Å². The molecule has 2 aromatic carbocycles. The Balaban J connectivity index is 1.71. The molecular formula is C24H26N4O3S. The number of thioether (sulfide) groups is 1. The summed E-state index contributed by atoms with van der Waals surface area (Å²) in [5.74, 6) is 1.32. The summed E-state index contributed by atoms with van der Waals surface area (Å²) in [6.45, 7) is 8.02. The van der Waals surface area contributed by atoms with Crippen molar-refractivity contribution in [3.63, 3.8) is 0 Å². The summed E-state index contributed by atoms with van der Waals surface area (Å²) < 4.78 is 6.99. The number of carbonyl (C=O) groups excluding carboxylic acids is 2. The molecule has 1 aromatic heterocycles. The van der Waals surface area contributed by atoms with Crippen molar-refractivity contribution in [3.8, 4) is 5.75 Å². The summed E-state index contributed by atoms with van der Waals surface area (Å²) >= 11 is 1.30. The van der Waals surface area contributed by atoms with E-state index in [4.69, 9.17) is 4.74 Å². The van der Waals surface area contributed by atoms with Crippen molar-refractivity contribution in [2.75, 3.05) is 12.9 Å². The molecular weight excluding hydrogens is 424 g/mol. The summed E-state index contributed by atoms with van der Waals surface area (Å²) in [4.78, 5) is 25.3. The van der Waals surface area contributed by atoms with Crippen molar-refractivity contribution in [1.29, 1.82) is 0 Å². The number of Topliss-reactive ketones (excluding diaryl/α,β-unsaturated/α-hetero) is 1. The summed E-state index contributed by atoms with van der Waals surface area (Å²) in [5.41, 5.74) is 2.12. The molecule has 1 N–H and O–H groups in total. The lowest BCUT2D eigenvalue weighted by molar-refractivity contribution is 0.0936. The van der Waals surface area contributed by atoms with E-state index in [9.17, 15) is 9.59 Å². The van der Waals surface area contributed by atoms with E-state index in [-0.39, 0.29) is 23.5 Å². The van der Waals surface area contributed by atoms with Gasteiger partial charge in [-0.3, -0.25) is 9.59 Å². The largest absolute Gasteiger partial charge is 0.497 e. The molecule has 0 saturated carbocycles. The number of amides is 1. The monoisotopic (exact) mass is 450 g/mol. The number of benzene rings is 2. The van der Waals surface area contributed by atoms with Crippen LogP contribution >= 0.6 is 11.8 Å². The minimum atomic E-state index is -0.374. The predicted octanol–water partition coefficient (Wildman–Crippen LogP) is 4.25. The van der Waals surface area contributed by atoms with Crippen molar-refractivity contribution in [2.24, 2.45) is 0 Å². The number of allylic oxidation sites excluding steroid dienone is 1. The van der Waals surface area contributed by atoms with Gasteiger partial charge in [0, 0.05) is 17.7 Å². The van der Waals surface area contributed by atoms with Crippen LogP contribution in [0.5, 0.6) is 5.75 Å². The number of hydrogen-bond donors (Lipinski definition) is 1. The fraction of sp³-hybridized carbons (Fsp3) is 0.250. The molecule has 0 radical (unpaired) electrons. The summed E-state index contributed by atoms with van der Waals surface area (Å²) in [6, 6.07) is 14.0. The van der Waals surface area contributed by atoms with E-state index in [1.165, 1.54) is 11.8 Å². The molecule has 0 saturated heterocycles. The van der Waals surface area contributed by atoms with Gasteiger partial charge < -0.3 is 14.6 Å². The lowest BCUT2D eigenvalue weighted by atomic mass is 10.1. The van der Waals surface area contributed by atoms with E-state index in [0.717, 1.165) is 5.56 Å². The van der Waals surface area contributed by atoms with Gasteiger partial charge in [-0.15, -0.1) is 16.8 Å². The zero-order chi connectivity index (χ0) is 23.1. The predicted molar refractivity (Wildman–Crippen MR) is 125 cm³/mol. The third kappa shape index (κ3) is 5.45. The Morgan fingerprint density at radius 3 is 2.56 bits per heavy atom. The summed E-state index contributed by atoms with van der Waals surface area (Å²) in [5, 5.41) is 12.1. The third-order valence-corrected chi connectivity index (χ3v) is 5.89. The highest BCUT2D eigenvalue weighted by Crippen LogP contribution is 2.23. The number of nitrogens with one attached hydrogen (secondary N) is 1. The Morgan fingerprint density at radius 2 is 1.91 bits per heavy atom. The van der Waals surface area contributed by atoms with Crippen LogP contribution in [-0.4, -0.2) is 39.3 Å². The van der Waals surface area contributed by atoms with E-state index < -0.39 is 0 Å². The van der Waals surface area contributed by atoms with Crippen LogP contribution in [0.25, 0.3) is 0 Å². The van der Waals surface area contributed by atoms with Gasteiger partial charge in [0.25, 0.3) is 5.91 Å². The Morgan fingerprint density at radius 1 is 1.19 bits per heavy atom. The number of hydrogen-bond acceptors (Lipinski definition) is 6. The first-order chi connectivity index (χ1) is 15.4. The normalized spacial score (nSPS) is 11.6. The number of nitrogens with zero attached hydrogens (tertiary/aromatic N) is 3. The van der Waals surface area contributed by atoms with Crippen molar-refractivity contribution < 1.29 is 14.3 Å². The van der Waals surface area contributed by atoms with E-state index >= 15 is 0 Å². The topological polar surface area (TPSA) is 86.1 Å². The first-order valence-corrected chi connectivity index (χ1v) is 11.1. The van der Waals surface area contributed by atoms with Crippen LogP contribution in [0.1, 0.15) is 45.1 Å². The smallest absolute Gasteiger partial charge is 0.252 e. The van der Waals surface area contributed by atoms with E-state index in [0.29, 0.717) is 34.4 Å². The molecule has 0 unspecified atom stereocenters. The van der Waals surface area contributed by atoms with Crippen molar-refractivity contribution in [2.45, 2.75) is 31.6 Å². The van der Waals surface area contributed by atoms with E-state index in [2.05, 4.69) is 22.1 Å². The standard InChI is InChI=1S/C24H26N4O3S/c1-5-14-28-22(17(3)25-23(30)20-9-7-6-8-16(20)2)26-27-24(28)32-15-21(29)18-10-12-19(31-4)13-11-18/h5-13,17H,1,14-15H2,2-4H3,(H,25,30)/t17-/m0/s1. The minimum absolute atomic E-state index is 0.0201. The van der Waals surface area contributed by atoms with Gasteiger partial charge in [0.1, 0.15) is 5.75 Å². The highest BCUT2D eigenvalue weighted by Gasteiger charge is 2.21. The van der Waals surface area contributed by atoms with Crippen LogP contribution in [0, 0.1) is 6.92 Å². The minimum Gasteiger partial charge on any atom is -0.497 e. The van der Waals surface area contributed by atoms with Crippen molar-refractivity contribution in [1.82, 2.24) is 20.1 Å². The van der Waals surface area contributed by atoms with Crippen LogP contribution < -0.4 is 10.1 Å². The fourth-order valence-electron chi connectivity index (χ4n) is 3.18. The zero-order valence-electron chi connectivity index (χ0n) is 18.4. The zero-order valence-corrected chi connectivity index (χ0v) is 19.2. The summed E-state index contributed by atoms with van der Waals surface area (Å²) in [7, 11) is 1.58. The molecule has 0 aliphatic carbocycles. The molecule has 166 valence electrons. The Hall–Kier alpha value is -3.39. The van der Waals surface area contributed by atoms with Crippen LogP contribution in [-0.2, 0) is 6.54 Å². The number of aromatic nitrogens is 3. The lowest BCUT2D eigenvalue weighted by Gasteiger charge is -2.16. The molecule has 0 aliphatic heterocycles.